The summed E-state index contributed by atoms with van der Waals surface area (Å²) in [6.07, 6.45) is 0.552. The summed E-state index contributed by atoms with van der Waals surface area (Å²) in [5.74, 6) is 6.00. The lowest BCUT2D eigenvalue weighted by Crippen LogP contribution is -2.37. The van der Waals surface area contributed by atoms with Gasteiger partial charge in [0, 0.05) is 12.5 Å². The van der Waals surface area contributed by atoms with Crippen LogP contribution in [0.3, 0.4) is 0 Å². The summed E-state index contributed by atoms with van der Waals surface area (Å²) >= 11 is 0. The highest BCUT2D eigenvalue weighted by atomic mass is 19.4. The minimum Gasteiger partial charge on any atom is -0.271 e. The molecule has 0 aromatic carbocycles. The molecule has 0 spiro atoms. The minimum atomic E-state index is -4.03. The first-order valence-electron chi connectivity index (χ1n) is 5.54. The van der Waals surface area contributed by atoms with Gasteiger partial charge in [-0.3, -0.25) is 11.3 Å². The molecule has 0 aliphatic heterocycles. The van der Waals surface area contributed by atoms with Crippen LogP contribution in [-0.4, -0.2) is 12.2 Å². The van der Waals surface area contributed by atoms with Crippen molar-refractivity contribution in [1.29, 1.82) is 0 Å². The van der Waals surface area contributed by atoms with Gasteiger partial charge in [-0.25, -0.2) is 0 Å². The van der Waals surface area contributed by atoms with Gasteiger partial charge in [0.1, 0.15) is 0 Å². The average Bonchev–Trinajstić information content (AvgIpc) is 2.05. The SMILES string of the molecule is NNC(CCCC(F)(F)F)CC1CCC1. The van der Waals surface area contributed by atoms with Crippen LogP contribution < -0.4 is 11.3 Å². The normalized spacial score (nSPS) is 20.0. The number of rotatable bonds is 6. The summed E-state index contributed by atoms with van der Waals surface area (Å²) in [6, 6.07) is 0.0534. The van der Waals surface area contributed by atoms with Crippen molar-refractivity contribution >= 4 is 0 Å². The van der Waals surface area contributed by atoms with Crippen LogP contribution in [0.2, 0.25) is 0 Å². The van der Waals surface area contributed by atoms with E-state index in [1.807, 2.05) is 0 Å². The monoisotopic (exact) mass is 224 g/mol. The highest BCUT2D eigenvalue weighted by Gasteiger charge is 2.27. The van der Waals surface area contributed by atoms with Crippen molar-refractivity contribution in [3.05, 3.63) is 0 Å². The predicted octanol–water partition coefficient (Wildman–Crippen LogP) is 2.74. The molecule has 0 heterocycles. The van der Waals surface area contributed by atoms with Gasteiger partial charge >= 0.3 is 6.18 Å². The quantitative estimate of drug-likeness (QED) is 0.537. The lowest BCUT2D eigenvalue weighted by molar-refractivity contribution is -0.135. The zero-order valence-corrected chi connectivity index (χ0v) is 8.82. The molecule has 1 fully saturated rings. The van der Waals surface area contributed by atoms with E-state index in [1.54, 1.807) is 0 Å². The fourth-order valence-electron chi connectivity index (χ4n) is 1.95. The van der Waals surface area contributed by atoms with Gasteiger partial charge in [0.2, 0.25) is 0 Å². The smallest absolute Gasteiger partial charge is 0.271 e. The first kappa shape index (κ1) is 12.8. The molecular formula is C10H19F3N2. The Balaban J connectivity index is 2.10. The van der Waals surface area contributed by atoms with Crippen molar-refractivity contribution in [2.45, 2.75) is 57.2 Å². The van der Waals surface area contributed by atoms with Gasteiger partial charge in [-0.2, -0.15) is 13.2 Å². The molecule has 1 rings (SSSR count). The molecule has 0 radical (unpaired) electrons. The summed E-state index contributed by atoms with van der Waals surface area (Å²) < 4.78 is 35.7. The van der Waals surface area contributed by atoms with E-state index in [1.165, 1.54) is 19.3 Å². The molecule has 2 nitrogen and oxygen atoms in total. The van der Waals surface area contributed by atoms with Crippen LogP contribution in [-0.2, 0) is 0 Å². The number of nitrogens with two attached hydrogens (primary N) is 1. The lowest BCUT2D eigenvalue weighted by Gasteiger charge is -2.29. The van der Waals surface area contributed by atoms with E-state index in [-0.39, 0.29) is 12.5 Å². The molecule has 3 N–H and O–H groups in total. The fourth-order valence-corrected chi connectivity index (χ4v) is 1.95. The Morgan fingerprint density at radius 2 is 2.00 bits per heavy atom. The van der Waals surface area contributed by atoms with Gasteiger partial charge in [-0.1, -0.05) is 19.3 Å². The van der Waals surface area contributed by atoms with Crippen LogP contribution in [0.5, 0.6) is 0 Å². The fraction of sp³-hybridized carbons (Fsp3) is 1.00. The van der Waals surface area contributed by atoms with Crippen molar-refractivity contribution < 1.29 is 13.2 Å². The van der Waals surface area contributed by atoms with Gasteiger partial charge in [-0.15, -0.1) is 0 Å². The van der Waals surface area contributed by atoms with Crippen molar-refractivity contribution in [2.24, 2.45) is 11.8 Å². The van der Waals surface area contributed by atoms with Crippen molar-refractivity contribution in [1.82, 2.24) is 5.43 Å². The topological polar surface area (TPSA) is 38.0 Å². The maximum absolute atomic E-state index is 11.9. The molecule has 0 bridgehead atoms. The molecule has 0 aromatic heterocycles. The second kappa shape index (κ2) is 5.70. The maximum atomic E-state index is 11.9. The van der Waals surface area contributed by atoms with E-state index >= 15 is 0 Å². The van der Waals surface area contributed by atoms with Crippen LogP contribution >= 0.6 is 0 Å². The molecule has 1 atom stereocenters. The van der Waals surface area contributed by atoms with E-state index in [0.717, 1.165) is 6.42 Å². The molecule has 0 aromatic rings. The second-order valence-corrected chi connectivity index (χ2v) is 4.40. The predicted molar refractivity (Wildman–Crippen MR) is 53.0 cm³/mol. The summed E-state index contributed by atoms with van der Waals surface area (Å²) in [5, 5.41) is 0. The van der Waals surface area contributed by atoms with E-state index in [0.29, 0.717) is 12.3 Å². The largest absolute Gasteiger partial charge is 0.389 e. The van der Waals surface area contributed by atoms with Crippen LogP contribution in [0.4, 0.5) is 13.2 Å². The number of hydrogen-bond donors (Lipinski definition) is 2. The summed E-state index contributed by atoms with van der Waals surface area (Å²) in [4.78, 5) is 0. The zero-order valence-electron chi connectivity index (χ0n) is 8.82. The first-order chi connectivity index (χ1) is 7.01. The number of halogens is 3. The Hall–Kier alpha value is -0.290. The third-order valence-electron chi connectivity index (χ3n) is 3.09. The van der Waals surface area contributed by atoms with E-state index in [4.69, 9.17) is 5.84 Å². The Morgan fingerprint density at radius 3 is 2.40 bits per heavy atom. The molecular weight excluding hydrogens is 205 g/mol. The lowest BCUT2D eigenvalue weighted by atomic mass is 9.80. The Morgan fingerprint density at radius 1 is 1.33 bits per heavy atom. The average molecular weight is 224 g/mol. The molecule has 5 heteroatoms. The number of nitrogens with one attached hydrogen (secondary N) is 1. The molecule has 15 heavy (non-hydrogen) atoms. The Kier molecular flexibility index (Phi) is 4.86. The minimum absolute atomic E-state index is 0.0534. The molecule has 0 saturated heterocycles. The molecule has 1 saturated carbocycles. The maximum Gasteiger partial charge on any atom is 0.389 e. The Labute approximate surface area is 88.4 Å². The van der Waals surface area contributed by atoms with Crippen LogP contribution in [0, 0.1) is 5.92 Å². The summed E-state index contributed by atoms with van der Waals surface area (Å²) in [6.45, 7) is 0. The number of hydrazine groups is 1. The van der Waals surface area contributed by atoms with Gasteiger partial charge in [0.05, 0.1) is 0 Å². The van der Waals surface area contributed by atoms with Crippen LogP contribution in [0.15, 0.2) is 0 Å². The van der Waals surface area contributed by atoms with Crippen LogP contribution in [0.25, 0.3) is 0 Å². The number of hydrogen-bond acceptors (Lipinski definition) is 2. The van der Waals surface area contributed by atoms with Gasteiger partial charge in [0.15, 0.2) is 0 Å². The standard InChI is InChI=1S/C10H19F3N2/c11-10(12,13)6-2-5-9(15-14)7-8-3-1-4-8/h8-9,15H,1-7,14H2. The van der Waals surface area contributed by atoms with E-state index in [2.05, 4.69) is 5.43 Å². The van der Waals surface area contributed by atoms with E-state index < -0.39 is 12.6 Å². The zero-order chi connectivity index (χ0) is 11.3. The molecule has 90 valence electrons. The molecule has 1 aliphatic carbocycles. The number of alkyl halides is 3. The van der Waals surface area contributed by atoms with Gasteiger partial charge in [-0.05, 0) is 25.2 Å². The molecule has 0 amide bonds. The summed E-state index contributed by atoms with van der Waals surface area (Å²) in [7, 11) is 0. The molecule has 1 unspecified atom stereocenters. The summed E-state index contributed by atoms with van der Waals surface area (Å²) in [5.41, 5.74) is 2.62. The molecule has 1 aliphatic rings. The van der Waals surface area contributed by atoms with Crippen LogP contribution in [0.1, 0.15) is 44.9 Å². The second-order valence-electron chi connectivity index (χ2n) is 4.40. The third kappa shape index (κ3) is 5.37. The van der Waals surface area contributed by atoms with Gasteiger partial charge in [0.25, 0.3) is 0 Å². The van der Waals surface area contributed by atoms with Crippen molar-refractivity contribution in [3.8, 4) is 0 Å². The highest BCUT2D eigenvalue weighted by molar-refractivity contribution is 4.76. The third-order valence-corrected chi connectivity index (χ3v) is 3.09. The van der Waals surface area contributed by atoms with E-state index in [9.17, 15) is 13.2 Å². The van der Waals surface area contributed by atoms with Gasteiger partial charge < -0.3 is 0 Å². The highest BCUT2D eigenvalue weighted by Crippen LogP contribution is 2.31. The first-order valence-corrected chi connectivity index (χ1v) is 5.54. The Bertz CT molecular complexity index is 178. The van der Waals surface area contributed by atoms with Crippen molar-refractivity contribution in [3.63, 3.8) is 0 Å². The van der Waals surface area contributed by atoms with Crippen molar-refractivity contribution in [2.75, 3.05) is 0 Å².